The normalized spacial score (nSPS) is 11.4. The van der Waals surface area contributed by atoms with Crippen LogP contribution >= 0.6 is 0 Å². The number of aryl methyl sites for hydroxylation is 1. The summed E-state index contributed by atoms with van der Waals surface area (Å²) in [5.41, 5.74) is 1.20. The van der Waals surface area contributed by atoms with Gasteiger partial charge in [-0.25, -0.2) is 9.67 Å². The molecule has 2 heterocycles. The lowest BCUT2D eigenvalue weighted by atomic mass is 10.2. The molecule has 2 aromatic heterocycles. The molecule has 0 unspecified atom stereocenters. The second-order valence-electron chi connectivity index (χ2n) is 4.38. The van der Waals surface area contributed by atoms with Gasteiger partial charge in [0.1, 0.15) is 11.8 Å². The Bertz CT molecular complexity index is 708. The molecule has 2 rings (SSSR count). The first-order valence-corrected chi connectivity index (χ1v) is 5.77. The molecule has 0 aliphatic rings. The fourth-order valence-corrected chi connectivity index (χ4v) is 1.78. The number of nitrogens with zero attached hydrogens (tertiary/aromatic N) is 4. The summed E-state index contributed by atoms with van der Waals surface area (Å²) in [5, 5.41) is 13.2. The van der Waals surface area contributed by atoms with Crippen LogP contribution in [0.4, 0.5) is 13.2 Å². The quantitative estimate of drug-likeness (QED) is 0.806. The van der Waals surface area contributed by atoms with Crippen LogP contribution in [0.15, 0.2) is 12.1 Å². The van der Waals surface area contributed by atoms with Gasteiger partial charge in [0.05, 0.1) is 11.3 Å². The van der Waals surface area contributed by atoms with Crippen molar-refractivity contribution in [3.05, 3.63) is 40.3 Å². The maximum atomic E-state index is 12.7. The van der Waals surface area contributed by atoms with Crippen LogP contribution in [-0.4, -0.2) is 14.8 Å². The van der Waals surface area contributed by atoms with Crippen LogP contribution in [0.5, 0.6) is 0 Å². The Morgan fingerprint density at radius 1 is 1.20 bits per heavy atom. The van der Waals surface area contributed by atoms with E-state index in [9.17, 15) is 13.2 Å². The third-order valence-electron chi connectivity index (χ3n) is 3.14. The maximum Gasteiger partial charge on any atom is 0.433 e. The molecular weight excluding hydrogens is 269 g/mol. The lowest BCUT2D eigenvalue weighted by Gasteiger charge is -2.10. The van der Waals surface area contributed by atoms with Crippen molar-refractivity contribution < 1.29 is 13.2 Å². The van der Waals surface area contributed by atoms with Gasteiger partial charge in [0, 0.05) is 5.69 Å². The van der Waals surface area contributed by atoms with E-state index in [1.807, 2.05) is 13.0 Å². The van der Waals surface area contributed by atoms with Crippen LogP contribution in [0.25, 0.3) is 5.82 Å². The van der Waals surface area contributed by atoms with E-state index in [2.05, 4.69) is 10.1 Å². The Labute approximate surface area is 113 Å². The molecule has 0 fully saturated rings. The van der Waals surface area contributed by atoms with Crippen molar-refractivity contribution in [2.45, 2.75) is 26.9 Å². The zero-order valence-electron chi connectivity index (χ0n) is 11.1. The van der Waals surface area contributed by atoms with Crippen LogP contribution in [0.2, 0.25) is 0 Å². The van der Waals surface area contributed by atoms with E-state index < -0.39 is 11.9 Å². The monoisotopic (exact) mass is 280 g/mol. The Kier molecular flexibility index (Phi) is 3.26. The molecule has 0 atom stereocenters. The molecule has 0 N–H and O–H groups in total. The summed E-state index contributed by atoms with van der Waals surface area (Å²) in [5.74, 6) is -0.101. The highest BCUT2D eigenvalue weighted by Crippen LogP contribution is 2.29. The predicted octanol–water partition coefficient (Wildman–Crippen LogP) is 3.08. The first kappa shape index (κ1) is 14.1. The van der Waals surface area contributed by atoms with Crippen molar-refractivity contribution in [3.63, 3.8) is 0 Å². The smallest absolute Gasteiger partial charge is 0.223 e. The van der Waals surface area contributed by atoms with Crippen molar-refractivity contribution in [2.75, 3.05) is 0 Å². The van der Waals surface area contributed by atoms with Gasteiger partial charge in [0.2, 0.25) is 0 Å². The zero-order valence-corrected chi connectivity index (χ0v) is 11.1. The summed E-state index contributed by atoms with van der Waals surface area (Å²) in [4.78, 5) is 3.55. The largest absolute Gasteiger partial charge is 0.433 e. The summed E-state index contributed by atoms with van der Waals surface area (Å²) >= 11 is 0. The average molecular weight is 280 g/mol. The number of halogens is 3. The molecule has 20 heavy (non-hydrogen) atoms. The number of pyridine rings is 1. The van der Waals surface area contributed by atoms with Gasteiger partial charge in [-0.3, -0.25) is 0 Å². The second kappa shape index (κ2) is 4.63. The van der Waals surface area contributed by atoms with Gasteiger partial charge >= 0.3 is 6.18 Å². The summed E-state index contributed by atoms with van der Waals surface area (Å²) < 4.78 is 39.5. The summed E-state index contributed by atoms with van der Waals surface area (Å²) in [6.45, 7) is 5.28. The molecular formula is C13H11F3N4. The van der Waals surface area contributed by atoms with E-state index in [1.165, 1.54) is 4.68 Å². The lowest BCUT2D eigenvalue weighted by molar-refractivity contribution is -0.141. The van der Waals surface area contributed by atoms with Crippen LogP contribution in [-0.2, 0) is 6.18 Å². The third-order valence-corrected chi connectivity index (χ3v) is 3.14. The van der Waals surface area contributed by atoms with Crippen LogP contribution in [0.1, 0.15) is 28.2 Å². The molecule has 0 aromatic carbocycles. The number of hydrogen-bond donors (Lipinski definition) is 0. The molecule has 7 heteroatoms. The highest BCUT2D eigenvalue weighted by Gasteiger charge is 2.33. The fraction of sp³-hybridized carbons (Fsp3) is 0.308. The van der Waals surface area contributed by atoms with Crippen molar-refractivity contribution in [2.24, 2.45) is 0 Å². The van der Waals surface area contributed by atoms with E-state index in [0.29, 0.717) is 11.4 Å². The number of rotatable bonds is 1. The van der Waals surface area contributed by atoms with E-state index >= 15 is 0 Å². The van der Waals surface area contributed by atoms with Gasteiger partial charge in [0.25, 0.3) is 0 Å². The molecule has 0 aliphatic heterocycles. The Morgan fingerprint density at radius 2 is 1.85 bits per heavy atom. The minimum Gasteiger partial charge on any atom is -0.223 e. The highest BCUT2D eigenvalue weighted by atomic mass is 19.4. The minimum atomic E-state index is -4.56. The van der Waals surface area contributed by atoms with E-state index in [4.69, 9.17) is 5.26 Å². The van der Waals surface area contributed by atoms with Crippen LogP contribution < -0.4 is 0 Å². The number of hydrogen-bond acceptors (Lipinski definition) is 3. The van der Waals surface area contributed by atoms with E-state index in [-0.39, 0.29) is 11.4 Å². The fourth-order valence-electron chi connectivity index (χ4n) is 1.78. The summed E-state index contributed by atoms with van der Waals surface area (Å²) in [7, 11) is 0. The second-order valence-corrected chi connectivity index (χ2v) is 4.38. The van der Waals surface area contributed by atoms with E-state index in [0.717, 1.165) is 17.7 Å². The van der Waals surface area contributed by atoms with Gasteiger partial charge < -0.3 is 0 Å². The van der Waals surface area contributed by atoms with Gasteiger partial charge in [-0.2, -0.15) is 23.5 Å². The first-order valence-electron chi connectivity index (χ1n) is 5.77. The predicted molar refractivity (Wildman–Crippen MR) is 65.3 cm³/mol. The Morgan fingerprint density at radius 3 is 2.30 bits per heavy atom. The highest BCUT2D eigenvalue weighted by molar-refractivity contribution is 5.46. The van der Waals surface area contributed by atoms with Crippen LogP contribution in [0, 0.1) is 32.1 Å². The lowest BCUT2D eigenvalue weighted by Crippen LogP contribution is -2.13. The molecule has 104 valence electrons. The van der Waals surface area contributed by atoms with Gasteiger partial charge in [-0.1, -0.05) is 0 Å². The van der Waals surface area contributed by atoms with Gasteiger partial charge in [-0.05, 0) is 38.5 Å². The maximum absolute atomic E-state index is 12.7. The molecule has 0 amide bonds. The van der Waals surface area contributed by atoms with Gasteiger partial charge in [0.15, 0.2) is 5.82 Å². The van der Waals surface area contributed by atoms with Gasteiger partial charge in [-0.15, -0.1) is 0 Å². The zero-order chi connectivity index (χ0) is 15.1. The third kappa shape index (κ3) is 2.25. The Hall–Kier alpha value is -2.36. The molecule has 0 bridgehead atoms. The van der Waals surface area contributed by atoms with E-state index in [1.54, 1.807) is 13.8 Å². The molecule has 4 nitrogen and oxygen atoms in total. The van der Waals surface area contributed by atoms with Crippen molar-refractivity contribution in [3.8, 4) is 11.9 Å². The summed E-state index contributed by atoms with van der Waals surface area (Å²) in [6, 6.07) is 3.74. The van der Waals surface area contributed by atoms with Crippen molar-refractivity contribution in [1.29, 1.82) is 5.26 Å². The molecule has 2 aromatic rings. The number of aromatic nitrogens is 3. The number of alkyl halides is 3. The molecule has 0 aliphatic carbocycles. The molecule has 0 spiro atoms. The topological polar surface area (TPSA) is 54.5 Å². The molecule has 0 saturated heterocycles. The van der Waals surface area contributed by atoms with Crippen molar-refractivity contribution >= 4 is 0 Å². The molecule has 0 saturated carbocycles. The van der Waals surface area contributed by atoms with Crippen LogP contribution in [0.3, 0.4) is 0 Å². The minimum absolute atomic E-state index is 0.0450. The Balaban J connectivity index is 2.72. The van der Waals surface area contributed by atoms with Crippen molar-refractivity contribution in [1.82, 2.24) is 14.8 Å². The summed E-state index contributed by atoms with van der Waals surface area (Å²) in [6.07, 6.45) is -4.56. The average Bonchev–Trinajstić information content (AvgIpc) is 2.64. The first-order chi connectivity index (χ1) is 9.25. The SMILES string of the molecule is Cc1nn(-c2nc(C(F)(F)F)ccc2C#N)c(C)c1C. The standard InChI is InChI=1S/C13H11F3N4/c1-7-8(2)19-20(9(7)3)12-10(6-17)4-5-11(18-12)13(14,15)16/h4-5H,1-3H3. The number of nitriles is 1. The molecule has 0 radical (unpaired) electrons.